The van der Waals surface area contributed by atoms with E-state index >= 15 is 0 Å². The van der Waals surface area contributed by atoms with Crippen LogP contribution in [-0.4, -0.2) is 31.2 Å². The zero-order valence-electron chi connectivity index (χ0n) is 16.1. The van der Waals surface area contributed by atoms with Gasteiger partial charge in [0.2, 0.25) is 0 Å². The van der Waals surface area contributed by atoms with Gasteiger partial charge < -0.3 is 5.32 Å². The van der Waals surface area contributed by atoms with Crippen molar-refractivity contribution in [2.75, 3.05) is 5.32 Å². The number of halogens is 2. The van der Waals surface area contributed by atoms with Gasteiger partial charge in [-0.2, -0.15) is 0 Å². The predicted molar refractivity (Wildman–Crippen MR) is 113 cm³/mol. The van der Waals surface area contributed by atoms with Gasteiger partial charge in [-0.25, -0.2) is 22.2 Å². The van der Waals surface area contributed by atoms with Gasteiger partial charge in [-0.3, -0.25) is 14.5 Å². The van der Waals surface area contributed by atoms with Gasteiger partial charge in [-0.15, -0.1) is 11.3 Å². The van der Waals surface area contributed by atoms with Crippen LogP contribution in [0.4, 0.5) is 13.9 Å². The zero-order valence-corrected chi connectivity index (χ0v) is 17.7. The molecule has 11 heteroatoms. The van der Waals surface area contributed by atoms with Crippen LogP contribution in [0.25, 0.3) is 0 Å². The van der Waals surface area contributed by atoms with Crippen molar-refractivity contribution in [1.29, 1.82) is 0 Å². The minimum absolute atomic E-state index is 0.102. The van der Waals surface area contributed by atoms with E-state index in [0.29, 0.717) is 21.1 Å². The average molecular weight is 463 g/mol. The number of aromatic nitrogens is 1. The van der Waals surface area contributed by atoms with Crippen molar-refractivity contribution < 1.29 is 22.0 Å². The SMILES string of the molecule is C[C@H](N=C1NS(=O)(=O)c2ccccc21)C(=O)Nc1ncc(Cc2ccc(F)cc2F)s1. The second-order valence-electron chi connectivity index (χ2n) is 6.79. The van der Waals surface area contributed by atoms with Crippen LogP contribution in [0, 0.1) is 11.6 Å². The highest BCUT2D eigenvalue weighted by atomic mass is 32.2. The first-order valence-electron chi connectivity index (χ1n) is 9.12. The number of amidine groups is 1. The number of aliphatic imine (C=N–C) groups is 1. The molecule has 0 spiro atoms. The minimum Gasteiger partial charge on any atom is -0.300 e. The maximum Gasteiger partial charge on any atom is 0.263 e. The number of carbonyl (C=O) groups excluding carboxylic acids is 1. The minimum atomic E-state index is -3.69. The van der Waals surface area contributed by atoms with Crippen LogP contribution >= 0.6 is 11.3 Å². The Labute approximate surface area is 180 Å². The van der Waals surface area contributed by atoms with Crippen LogP contribution < -0.4 is 10.0 Å². The largest absolute Gasteiger partial charge is 0.300 e. The molecule has 7 nitrogen and oxygen atoms in total. The Balaban J connectivity index is 1.45. The van der Waals surface area contributed by atoms with Crippen molar-refractivity contribution in [3.8, 4) is 0 Å². The third-order valence-corrected chi connectivity index (χ3v) is 6.84. The van der Waals surface area contributed by atoms with Crippen molar-refractivity contribution in [3.63, 3.8) is 0 Å². The average Bonchev–Trinajstić information content (AvgIpc) is 3.26. The van der Waals surface area contributed by atoms with Gasteiger partial charge in [0.05, 0.1) is 4.90 Å². The first-order valence-corrected chi connectivity index (χ1v) is 11.4. The Hall–Kier alpha value is -3.18. The predicted octanol–water partition coefficient (Wildman–Crippen LogP) is 3.08. The van der Waals surface area contributed by atoms with E-state index in [1.165, 1.54) is 31.3 Å². The molecule has 2 heterocycles. The molecular formula is C20H16F2N4O3S2. The highest BCUT2D eigenvalue weighted by Gasteiger charge is 2.31. The summed E-state index contributed by atoms with van der Waals surface area (Å²) >= 11 is 1.15. The van der Waals surface area contributed by atoms with Crippen molar-refractivity contribution in [3.05, 3.63) is 76.3 Å². The number of hydrogen-bond donors (Lipinski definition) is 2. The van der Waals surface area contributed by atoms with Crippen LogP contribution in [-0.2, 0) is 21.2 Å². The van der Waals surface area contributed by atoms with Gasteiger partial charge in [0.25, 0.3) is 15.9 Å². The summed E-state index contributed by atoms with van der Waals surface area (Å²) in [6, 6.07) is 8.82. The lowest BCUT2D eigenvalue weighted by atomic mass is 10.1. The Morgan fingerprint density at radius 2 is 2.03 bits per heavy atom. The van der Waals surface area contributed by atoms with E-state index in [1.54, 1.807) is 18.2 Å². The Bertz CT molecular complexity index is 1310. The first-order chi connectivity index (χ1) is 14.7. The summed E-state index contributed by atoms with van der Waals surface area (Å²) in [5.41, 5.74) is 0.717. The lowest BCUT2D eigenvalue weighted by Gasteiger charge is -2.07. The lowest BCUT2D eigenvalue weighted by Crippen LogP contribution is -2.28. The van der Waals surface area contributed by atoms with E-state index in [-0.39, 0.29) is 17.2 Å². The van der Waals surface area contributed by atoms with E-state index in [0.717, 1.165) is 17.4 Å². The van der Waals surface area contributed by atoms with Crippen molar-refractivity contribution in [1.82, 2.24) is 9.71 Å². The number of nitrogens with one attached hydrogen (secondary N) is 2. The molecule has 0 bridgehead atoms. The molecule has 0 saturated heterocycles. The fourth-order valence-electron chi connectivity index (χ4n) is 2.99. The number of carbonyl (C=O) groups is 1. The molecule has 1 amide bonds. The van der Waals surface area contributed by atoms with Gasteiger partial charge in [0.1, 0.15) is 23.5 Å². The number of sulfonamides is 1. The molecular weight excluding hydrogens is 446 g/mol. The number of rotatable bonds is 5. The second kappa shape index (κ2) is 8.16. The smallest absolute Gasteiger partial charge is 0.263 e. The molecule has 1 atom stereocenters. The van der Waals surface area contributed by atoms with Crippen molar-refractivity contribution in [2.24, 2.45) is 4.99 Å². The number of amides is 1. The quantitative estimate of drug-likeness (QED) is 0.609. The third kappa shape index (κ3) is 4.47. The monoisotopic (exact) mass is 462 g/mol. The number of thiazole rings is 1. The molecule has 0 fully saturated rings. The fourth-order valence-corrected chi connectivity index (χ4v) is 5.07. The maximum atomic E-state index is 13.8. The van der Waals surface area contributed by atoms with E-state index in [2.05, 4.69) is 20.0 Å². The van der Waals surface area contributed by atoms with Crippen LogP contribution in [0.1, 0.15) is 22.9 Å². The molecule has 0 saturated carbocycles. The van der Waals surface area contributed by atoms with Crippen molar-refractivity contribution in [2.45, 2.75) is 24.3 Å². The number of benzene rings is 2. The maximum absolute atomic E-state index is 13.8. The van der Waals surface area contributed by atoms with Gasteiger partial charge in [0.15, 0.2) is 5.13 Å². The standard InChI is InChI=1S/C20H16F2N4O3S2/c1-11(24-18-15-4-2-3-5-17(15)31(28,29)26-18)19(27)25-20-23-10-14(30-20)8-12-6-7-13(21)9-16(12)22/h2-7,9-11H,8H2,1H3,(H,24,26)(H,23,25,27)/t11-/m0/s1. The third-order valence-electron chi connectivity index (χ3n) is 4.53. The van der Waals surface area contributed by atoms with Gasteiger partial charge in [0, 0.05) is 29.1 Å². The lowest BCUT2D eigenvalue weighted by molar-refractivity contribution is -0.117. The molecule has 4 rings (SSSR count). The Morgan fingerprint density at radius 3 is 2.81 bits per heavy atom. The molecule has 2 aromatic carbocycles. The molecule has 31 heavy (non-hydrogen) atoms. The highest BCUT2D eigenvalue weighted by molar-refractivity contribution is 7.90. The molecule has 160 valence electrons. The topological polar surface area (TPSA) is 101 Å². The van der Waals surface area contributed by atoms with Gasteiger partial charge in [-0.1, -0.05) is 18.2 Å². The van der Waals surface area contributed by atoms with Gasteiger partial charge >= 0.3 is 0 Å². The number of fused-ring (bicyclic) bond motifs is 1. The molecule has 1 aliphatic rings. The Morgan fingerprint density at radius 1 is 1.26 bits per heavy atom. The summed E-state index contributed by atoms with van der Waals surface area (Å²) in [4.78, 5) is 21.6. The first kappa shape index (κ1) is 21.1. The number of nitrogens with zero attached hydrogens (tertiary/aromatic N) is 2. The molecule has 0 aliphatic carbocycles. The zero-order chi connectivity index (χ0) is 22.2. The number of hydrogen-bond acceptors (Lipinski definition) is 6. The molecule has 3 aromatic rings. The molecule has 1 aromatic heterocycles. The second-order valence-corrected chi connectivity index (χ2v) is 9.55. The molecule has 1 aliphatic heterocycles. The van der Waals surface area contributed by atoms with E-state index in [4.69, 9.17) is 0 Å². The van der Waals surface area contributed by atoms with E-state index in [1.807, 2.05) is 0 Å². The summed E-state index contributed by atoms with van der Waals surface area (Å²) in [7, 11) is -3.69. The van der Waals surface area contributed by atoms with E-state index in [9.17, 15) is 22.0 Å². The number of anilines is 1. The summed E-state index contributed by atoms with van der Waals surface area (Å²) in [5, 5.41) is 2.91. The highest BCUT2D eigenvalue weighted by Crippen LogP contribution is 2.24. The molecule has 0 radical (unpaired) electrons. The normalized spacial score (nSPS) is 16.5. The van der Waals surface area contributed by atoms with Crippen LogP contribution in [0.2, 0.25) is 0 Å². The fraction of sp³-hybridized carbons (Fsp3) is 0.150. The summed E-state index contributed by atoms with van der Waals surface area (Å²) in [6.45, 7) is 1.53. The summed E-state index contributed by atoms with van der Waals surface area (Å²) in [6.07, 6.45) is 1.71. The van der Waals surface area contributed by atoms with E-state index < -0.39 is 33.6 Å². The van der Waals surface area contributed by atoms with Crippen LogP contribution in [0.5, 0.6) is 0 Å². The Kier molecular flexibility index (Phi) is 5.54. The van der Waals surface area contributed by atoms with Crippen LogP contribution in [0.15, 0.2) is 58.5 Å². The summed E-state index contributed by atoms with van der Waals surface area (Å²) in [5.74, 6) is -1.68. The summed E-state index contributed by atoms with van der Waals surface area (Å²) < 4.78 is 53.5. The molecule has 0 unspecified atom stereocenters. The van der Waals surface area contributed by atoms with Gasteiger partial charge in [-0.05, 0) is 30.7 Å². The van der Waals surface area contributed by atoms with Crippen molar-refractivity contribution >= 4 is 38.2 Å². The molecule has 2 N–H and O–H groups in total. The van der Waals surface area contributed by atoms with Crippen LogP contribution in [0.3, 0.4) is 0 Å².